The SMILES string of the molecule is CCNc1nc(Cc2cccc(OC)c2)no1. The summed E-state index contributed by atoms with van der Waals surface area (Å²) in [5.74, 6) is 1.49. The number of anilines is 1. The molecule has 2 rings (SSSR count). The van der Waals surface area contributed by atoms with E-state index in [1.807, 2.05) is 31.2 Å². The van der Waals surface area contributed by atoms with Gasteiger partial charge in [0.2, 0.25) is 0 Å². The second-order valence-electron chi connectivity index (χ2n) is 3.57. The minimum atomic E-state index is 0.463. The van der Waals surface area contributed by atoms with Gasteiger partial charge in [-0.1, -0.05) is 17.3 Å². The Morgan fingerprint density at radius 3 is 3.06 bits per heavy atom. The molecular formula is C12H15N3O2. The van der Waals surface area contributed by atoms with Crippen LogP contribution in [0.15, 0.2) is 28.8 Å². The molecule has 17 heavy (non-hydrogen) atoms. The summed E-state index contributed by atoms with van der Waals surface area (Å²) in [5, 5.41) is 6.87. The van der Waals surface area contributed by atoms with Crippen LogP contribution in [0.4, 0.5) is 6.01 Å². The van der Waals surface area contributed by atoms with Gasteiger partial charge in [-0.2, -0.15) is 4.98 Å². The van der Waals surface area contributed by atoms with E-state index >= 15 is 0 Å². The molecule has 90 valence electrons. The highest BCUT2D eigenvalue weighted by atomic mass is 16.5. The van der Waals surface area contributed by atoms with Crippen molar-refractivity contribution in [3.8, 4) is 5.75 Å². The molecule has 5 nitrogen and oxygen atoms in total. The average Bonchev–Trinajstić information content (AvgIpc) is 2.77. The number of nitrogens with one attached hydrogen (secondary N) is 1. The molecule has 0 bridgehead atoms. The summed E-state index contributed by atoms with van der Waals surface area (Å²) in [4.78, 5) is 4.22. The molecule has 0 fully saturated rings. The molecule has 2 aromatic rings. The molecule has 0 aliphatic rings. The number of nitrogens with zero attached hydrogens (tertiary/aromatic N) is 2. The quantitative estimate of drug-likeness (QED) is 0.857. The fourth-order valence-electron chi connectivity index (χ4n) is 1.51. The standard InChI is InChI=1S/C12H15N3O2/c1-3-13-12-14-11(15-17-12)8-9-5-4-6-10(7-9)16-2/h4-7H,3,8H2,1-2H3,(H,13,14,15). The van der Waals surface area contributed by atoms with Gasteiger partial charge in [0.15, 0.2) is 5.82 Å². The lowest BCUT2D eigenvalue weighted by Gasteiger charge is -2.01. The third-order valence-electron chi connectivity index (χ3n) is 2.29. The van der Waals surface area contributed by atoms with Crippen LogP contribution >= 0.6 is 0 Å². The minimum Gasteiger partial charge on any atom is -0.497 e. The van der Waals surface area contributed by atoms with Crippen LogP contribution < -0.4 is 10.1 Å². The van der Waals surface area contributed by atoms with Crippen LogP contribution in [0.3, 0.4) is 0 Å². The Labute approximate surface area is 99.8 Å². The zero-order valence-electron chi connectivity index (χ0n) is 9.93. The maximum atomic E-state index is 5.16. The number of hydrogen-bond acceptors (Lipinski definition) is 5. The average molecular weight is 233 g/mol. The van der Waals surface area contributed by atoms with Crippen molar-refractivity contribution in [2.45, 2.75) is 13.3 Å². The third-order valence-corrected chi connectivity index (χ3v) is 2.29. The van der Waals surface area contributed by atoms with Gasteiger partial charge < -0.3 is 14.6 Å². The molecule has 0 aliphatic carbocycles. The van der Waals surface area contributed by atoms with Crippen LogP contribution in [0, 0.1) is 0 Å². The number of rotatable bonds is 5. The first-order valence-corrected chi connectivity index (χ1v) is 5.51. The molecule has 0 aliphatic heterocycles. The molecule has 0 saturated carbocycles. The van der Waals surface area contributed by atoms with E-state index in [4.69, 9.17) is 9.26 Å². The number of hydrogen-bond donors (Lipinski definition) is 1. The fraction of sp³-hybridized carbons (Fsp3) is 0.333. The van der Waals surface area contributed by atoms with Gasteiger partial charge in [0, 0.05) is 13.0 Å². The molecule has 1 heterocycles. The molecule has 0 radical (unpaired) electrons. The maximum absolute atomic E-state index is 5.16. The Morgan fingerprint density at radius 1 is 1.41 bits per heavy atom. The van der Waals surface area contributed by atoms with Crippen molar-refractivity contribution >= 4 is 6.01 Å². The molecule has 1 aromatic heterocycles. The molecule has 0 unspecified atom stereocenters. The lowest BCUT2D eigenvalue weighted by atomic mass is 10.1. The summed E-state index contributed by atoms with van der Waals surface area (Å²) in [6.07, 6.45) is 0.631. The van der Waals surface area contributed by atoms with E-state index < -0.39 is 0 Å². The fourth-order valence-corrected chi connectivity index (χ4v) is 1.51. The van der Waals surface area contributed by atoms with Crippen LogP contribution in [0.1, 0.15) is 18.3 Å². The van der Waals surface area contributed by atoms with Crippen molar-refractivity contribution in [2.24, 2.45) is 0 Å². The summed E-state index contributed by atoms with van der Waals surface area (Å²) in [5.41, 5.74) is 1.09. The van der Waals surface area contributed by atoms with Gasteiger partial charge >= 0.3 is 6.01 Å². The number of methoxy groups -OCH3 is 1. The van der Waals surface area contributed by atoms with E-state index in [9.17, 15) is 0 Å². The predicted molar refractivity (Wildman–Crippen MR) is 64.3 cm³/mol. The zero-order chi connectivity index (χ0) is 12.1. The van der Waals surface area contributed by atoms with Crippen LogP contribution in [-0.4, -0.2) is 23.8 Å². The molecule has 5 heteroatoms. The van der Waals surface area contributed by atoms with E-state index in [0.29, 0.717) is 18.3 Å². The number of ether oxygens (including phenoxy) is 1. The van der Waals surface area contributed by atoms with Gasteiger partial charge in [-0.25, -0.2) is 0 Å². The summed E-state index contributed by atoms with van der Waals surface area (Å²) in [6, 6.07) is 8.28. The van der Waals surface area contributed by atoms with E-state index in [2.05, 4.69) is 15.5 Å². The van der Waals surface area contributed by atoms with Crippen molar-refractivity contribution in [3.05, 3.63) is 35.7 Å². The van der Waals surface area contributed by atoms with Gasteiger partial charge in [-0.05, 0) is 24.6 Å². The van der Waals surface area contributed by atoms with Crippen molar-refractivity contribution in [1.82, 2.24) is 10.1 Å². The topological polar surface area (TPSA) is 60.2 Å². The Morgan fingerprint density at radius 2 is 2.29 bits per heavy atom. The van der Waals surface area contributed by atoms with Crippen LogP contribution in [0.25, 0.3) is 0 Å². The highest BCUT2D eigenvalue weighted by Crippen LogP contribution is 2.15. The van der Waals surface area contributed by atoms with Crippen molar-refractivity contribution in [2.75, 3.05) is 19.0 Å². The highest BCUT2D eigenvalue weighted by Gasteiger charge is 2.06. The monoisotopic (exact) mass is 233 g/mol. The highest BCUT2D eigenvalue weighted by molar-refractivity contribution is 5.30. The Balaban J connectivity index is 2.08. The zero-order valence-corrected chi connectivity index (χ0v) is 9.93. The third kappa shape index (κ3) is 2.96. The molecule has 0 amide bonds. The maximum Gasteiger partial charge on any atom is 0.321 e. The van der Waals surface area contributed by atoms with E-state index in [0.717, 1.165) is 17.9 Å². The first-order chi connectivity index (χ1) is 8.31. The molecule has 1 N–H and O–H groups in total. The van der Waals surface area contributed by atoms with E-state index in [1.165, 1.54) is 0 Å². The lowest BCUT2D eigenvalue weighted by Crippen LogP contribution is -1.97. The van der Waals surface area contributed by atoms with Gasteiger partial charge in [0.05, 0.1) is 7.11 Å². The summed E-state index contributed by atoms with van der Waals surface area (Å²) in [6.45, 7) is 2.74. The summed E-state index contributed by atoms with van der Waals surface area (Å²) < 4.78 is 10.2. The molecular weight excluding hydrogens is 218 g/mol. The molecule has 0 atom stereocenters. The van der Waals surface area contributed by atoms with Crippen LogP contribution in [-0.2, 0) is 6.42 Å². The van der Waals surface area contributed by atoms with Crippen molar-refractivity contribution in [1.29, 1.82) is 0 Å². The van der Waals surface area contributed by atoms with Gasteiger partial charge in [-0.3, -0.25) is 0 Å². The molecule has 0 saturated heterocycles. The number of benzene rings is 1. The minimum absolute atomic E-state index is 0.463. The van der Waals surface area contributed by atoms with Crippen molar-refractivity contribution in [3.63, 3.8) is 0 Å². The smallest absolute Gasteiger partial charge is 0.321 e. The van der Waals surface area contributed by atoms with Crippen LogP contribution in [0.5, 0.6) is 5.75 Å². The predicted octanol–water partition coefficient (Wildman–Crippen LogP) is 2.10. The molecule has 1 aromatic carbocycles. The van der Waals surface area contributed by atoms with E-state index in [-0.39, 0.29) is 0 Å². The van der Waals surface area contributed by atoms with Gasteiger partial charge in [0.1, 0.15) is 5.75 Å². The second-order valence-corrected chi connectivity index (χ2v) is 3.57. The summed E-state index contributed by atoms with van der Waals surface area (Å²) in [7, 11) is 1.65. The van der Waals surface area contributed by atoms with E-state index in [1.54, 1.807) is 7.11 Å². The Bertz CT molecular complexity index is 482. The Hall–Kier alpha value is -2.04. The van der Waals surface area contributed by atoms with Gasteiger partial charge in [0.25, 0.3) is 0 Å². The first kappa shape index (κ1) is 11.4. The summed E-state index contributed by atoms with van der Waals surface area (Å²) >= 11 is 0. The van der Waals surface area contributed by atoms with Gasteiger partial charge in [-0.15, -0.1) is 0 Å². The molecule has 0 spiro atoms. The largest absolute Gasteiger partial charge is 0.497 e. The normalized spacial score (nSPS) is 10.2. The van der Waals surface area contributed by atoms with Crippen molar-refractivity contribution < 1.29 is 9.26 Å². The lowest BCUT2D eigenvalue weighted by molar-refractivity contribution is 0.414. The second kappa shape index (κ2) is 5.34. The van der Waals surface area contributed by atoms with Crippen LogP contribution in [0.2, 0.25) is 0 Å². The number of aromatic nitrogens is 2. The Kier molecular flexibility index (Phi) is 3.59. The first-order valence-electron chi connectivity index (χ1n) is 5.51.